The van der Waals surface area contributed by atoms with Gasteiger partial charge < -0.3 is 9.47 Å². The first kappa shape index (κ1) is 25.5. The van der Waals surface area contributed by atoms with Crippen molar-refractivity contribution in [3.8, 4) is 11.5 Å². The lowest BCUT2D eigenvalue weighted by Gasteiger charge is -2.31. The molecule has 0 fully saturated rings. The van der Waals surface area contributed by atoms with Crippen molar-refractivity contribution < 1.29 is 19.2 Å². The third-order valence-corrected chi connectivity index (χ3v) is 6.75. The van der Waals surface area contributed by atoms with Crippen molar-refractivity contribution in [3.05, 3.63) is 73.5 Å². The number of ether oxygens (including phenoxy) is 2. The van der Waals surface area contributed by atoms with Crippen molar-refractivity contribution in [2.45, 2.75) is 41.5 Å². The third kappa shape index (κ3) is 5.16. The van der Waals surface area contributed by atoms with Crippen LogP contribution in [0, 0.1) is 20.9 Å². The fourth-order valence-electron chi connectivity index (χ4n) is 3.92. The molecule has 1 aliphatic heterocycles. The van der Waals surface area contributed by atoms with Gasteiger partial charge in [0.2, 0.25) is 0 Å². The molecular weight excluding hydrogens is 478 g/mol. The number of nitrogens with zero attached hydrogens (tertiary/aromatic N) is 3. The highest BCUT2D eigenvalue weighted by Crippen LogP contribution is 2.47. The predicted molar refractivity (Wildman–Crippen MR) is 140 cm³/mol. The molecule has 0 atom stereocenters. The number of rotatable bonds is 4. The Labute approximate surface area is 214 Å². The maximum absolute atomic E-state index is 13.5. The number of ketones is 1. The summed E-state index contributed by atoms with van der Waals surface area (Å²) in [5.74, 6) is 1.23. The largest absolute Gasteiger partial charge is 0.485 e. The second-order valence-electron chi connectivity index (χ2n) is 10.7. The number of azo groups is 1. The quantitative estimate of drug-likeness (QED) is 0.243. The molecule has 0 radical (unpaired) electrons. The van der Waals surface area contributed by atoms with Gasteiger partial charge in [-0.15, -0.1) is 16.5 Å². The number of nitro benzene ring substituents is 1. The van der Waals surface area contributed by atoms with E-state index < -0.39 is 15.8 Å². The summed E-state index contributed by atoms with van der Waals surface area (Å²) < 4.78 is 11.7. The minimum atomic E-state index is -0.470. The SMILES string of the molecule is CC(C)(C)C1=CC(=C(N=Nc2cccc([N+](=O)[O-])c2)c2scc3c2OCCO3)C=C(C(C)(C)C)C1=O. The van der Waals surface area contributed by atoms with Crippen molar-refractivity contribution >= 4 is 34.2 Å². The Morgan fingerprint density at radius 1 is 1.03 bits per heavy atom. The molecule has 0 saturated heterocycles. The average Bonchev–Trinajstić information content (AvgIpc) is 3.22. The van der Waals surface area contributed by atoms with Crippen molar-refractivity contribution in [3.63, 3.8) is 0 Å². The van der Waals surface area contributed by atoms with Crippen LogP contribution in [0.1, 0.15) is 46.4 Å². The van der Waals surface area contributed by atoms with Crippen molar-refractivity contribution in [2.75, 3.05) is 13.2 Å². The Hall–Kier alpha value is -3.59. The van der Waals surface area contributed by atoms with E-state index in [2.05, 4.69) is 10.2 Å². The Bertz CT molecular complexity index is 1310. The molecule has 1 aliphatic carbocycles. The van der Waals surface area contributed by atoms with Crippen LogP contribution < -0.4 is 9.47 Å². The van der Waals surface area contributed by atoms with Gasteiger partial charge in [-0.1, -0.05) is 47.6 Å². The molecule has 0 unspecified atom stereocenters. The minimum absolute atomic E-state index is 0.0153. The van der Waals surface area contributed by atoms with E-state index in [1.54, 1.807) is 12.1 Å². The molecule has 0 spiro atoms. The first-order valence-electron chi connectivity index (χ1n) is 11.6. The van der Waals surface area contributed by atoms with Crippen LogP contribution >= 0.6 is 11.3 Å². The van der Waals surface area contributed by atoms with E-state index >= 15 is 0 Å². The molecule has 9 heteroatoms. The Morgan fingerprint density at radius 3 is 2.28 bits per heavy atom. The third-order valence-electron chi connectivity index (χ3n) is 5.80. The minimum Gasteiger partial charge on any atom is -0.485 e. The number of thiophene rings is 1. The highest BCUT2D eigenvalue weighted by molar-refractivity contribution is 7.11. The predicted octanol–water partition coefficient (Wildman–Crippen LogP) is 7.45. The van der Waals surface area contributed by atoms with Crippen LogP contribution in [0.15, 0.2) is 68.7 Å². The summed E-state index contributed by atoms with van der Waals surface area (Å²) in [6.45, 7) is 12.9. The second kappa shape index (κ2) is 9.46. The van der Waals surface area contributed by atoms with Gasteiger partial charge in [-0.3, -0.25) is 14.9 Å². The fraction of sp³-hybridized carbons (Fsp3) is 0.370. The van der Waals surface area contributed by atoms with Gasteiger partial charge in [0.25, 0.3) is 5.69 Å². The van der Waals surface area contributed by atoms with E-state index in [4.69, 9.17) is 9.47 Å². The smallest absolute Gasteiger partial charge is 0.271 e. The molecule has 2 heterocycles. The standard InChI is InChI=1S/C27H29N3O5S/c1-26(2,3)19-12-16(13-20(23(19)31)27(4,5)6)22(25-24-21(15-36-25)34-10-11-35-24)29-28-17-8-7-9-18(14-17)30(32)33/h7-9,12-15H,10-11H2,1-6H3. The van der Waals surface area contributed by atoms with E-state index in [0.29, 0.717) is 47.2 Å². The zero-order chi connectivity index (χ0) is 26.3. The van der Waals surface area contributed by atoms with Crippen molar-refractivity contribution in [1.29, 1.82) is 0 Å². The number of benzene rings is 1. The Balaban J connectivity index is 1.97. The average molecular weight is 508 g/mol. The normalized spacial score (nSPS) is 16.2. The zero-order valence-corrected chi connectivity index (χ0v) is 22.1. The molecule has 8 nitrogen and oxygen atoms in total. The van der Waals surface area contributed by atoms with Gasteiger partial charge >= 0.3 is 0 Å². The first-order valence-corrected chi connectivity index (χ1v) is 12.5. The van der Waals surface area contributed by atoms with Crippen LogP contribution in [-0.4, -0.2) is 23.9 Å². The van der Waals surface area contributed by atoms with Crippen LogP contribution in [0.4, 0.5) is 11.4 Å². The molecule has 188 valence electrons. The fourth-order valence-corrected chi connectivity index (χ4v) is 4.85. The summed E-state index contributed by atoms with van der Waals surface area (Å²) >= 11 is 1.42. The Kier molecular flexibility index (Phi) is 6.70. The van der Waals surface area contributed by atoms with Crippen LogP contribution in [0.3, 0.4) is 0 Å². The van der Waals surface area contributed by atoms with Gasteiger partial charge in [-0.05, 0) is 29.0 Å². The van der Waals surface area contributed by atoms with Crippen molar-refractivity contribution in [1.82, 2.24) is 0 Å². The van der Waals surface area contributed by atoms with Gasteiger partial charge in [-0.2, -0.15) is 5.11 Å². The van der Waals surface area contributed by atoms with Gasteiger partial charge in [0, 0.05) is 34.2 Å². The maximum Gasteiger partial charge on any atom is 0.271 e. The second-order valence-corrected chi connectivity index (χ2v) is 11.6. The van der Waals surface area contributed by atoms with Crippen molar-refractivity contribution in [2.24, 2.45) is 21.1 Å². The number of fused-ring (bicyclic) bond motifs is 1. The lowest BCUT2D eigenvalue weighted by atomic mass is 9.71. The van der Waals surface area contributed by atoms with E-state index in [0.717, 1.165) is 10.5 Å². The van der Waals surface area contributed by atoms with Gasteiger partial charge in [-0.25, -0.2) is 0 Å². The first-order chi connectivity index (χ1) is 16.9. The lowest BCUT2D eigenvalue weighted by Crippen LogP contribution is -2.28. The number of Topliss-reactive ketones (excluding diaryl/α,β-unsaturated/α-hetero) is 1. The lowest BCUT2D eigenvalue weighted by molar-refractivity contribution is -0.384. The molecule has 0 saturated carbocycles. The molecule has 2 aromatic rings. The number of hydrogen-bond donors (Lipinski definition) is 0. The zero-order valence-electron chi connectivity index (χ0n) is 21.2. The van der Waals surface area contributed by atoms with Gasteiger partial charge in [0.1, 0.15) is 23.8 Å². The molecule has 36 heavy (non-hydrogen) atoms. The van der Waals surface area contributed by atoms with E-state index in [-0.39, 0.29) is 11.5 Å². The molecule has 1 aromatic heterocycles. The van der Waals surface area contributed by atoms with Crippen LogP contribution in [0.2, 0.25) is 0 Å². The molecule has 0 N–H and O–H groups in total. The Morgan fingerprint density at radius 2 is 1.67 bits per heavy atom. The summed E-state index contributed by atoms with van der Waals surface area (Å²) in [4.78, 5) is 24.9. The highest BCUT2D eigenvalue weighted by Gasteiger charge is 2.35. The summed E-state index contributed by atoms with van der Waals surface area (Å²) in [5.41, 5.74) is 2.06. The molecule has 0 amide bonds. The molecule has 2 aliphatic rings. The van der Waals surface area contributed by atoms with Gasteiger partial charge in [0.05, 0.1) is 10.6 Å². The van der Waals surface area contributed by atoms with Gasteiger partial charge in [0.15, 0.2) is 17.3 Å². The van der Waals surface area contributed by atoms with Crippen LogP contribution in [0.5, 0.6) is 11.5 Å². The molecule has 4 rings (SSSR count). The number of carbonyl (C=O) groups is 1. The summed E-state index contributed by atoms with van der Waals surface area (Å²) in [6, 6.07) is 5.99. The van der Waals surface area contributed by atoms with Crippen LogP contribution in [0.25, 0.3) is 5.70 Å². The maximum atomic E-state index is 13.5. The van der Waals surface area contributed by atoms with Crippen LogP contribution in [-0.2, 0) is 4.79 Å². The van der Waals surface area contributed by atoms with E-state index in [1.165, 1.54) is 23.5 Å². The summed E-state index contributed by atoms with van der Waals surface area (Å²) in [6.07, 6.45) is 3.74. The molecule has 0 bridgehead atoms. The summed E-state index contributed by atoms with van der Waals surface area (Å²) in [7, 11) is 0. The number of non-ortho nitro benzene ring substituents is 1. The summed E-state index contributed by atoms with van der Waals surface area (Å²) in [5, 5.41) is 22.0. The molecule has 1 aromatic carbocycles. The number of nitro groups is 1. The van der Waals surface area contributed by atoms with E-state index in [9.17, 15) is 14.9 Å². The number of hydrogen-bond acceptors (Lipinski definition) is 8. The topological polar surface area (TPSA) is 103 Å². The van der Waals surface area contributed by atoms with E-state index in [1.807, 2.05) is 59.1 Å². The monoisotopic (exact) mass is 507 g/mol. The number of carbonyl (C=O) groups excluding carboxylic acids is 1. The molecular formula is C27H29N3O5S. The highest BCUT2D eigenvalue weighted by atomic mass is 32.1. The number of allylic oxidation sites excluding steroid dienone is 5.